The first-order valence-electron chi connectivity index (χ1n) is 7.48. The lowest BCUT2D eigenvalue weighted by Gasteiger charge is -2.07. The molecule has 0 bridgehead atoms. The summed E-state index contributed by atoms with van der Waals surface area (Å²) in [5.41, 5.74) is 1.93. The highest BCUT2D eigenvalue weighted by Gasteiger charge is 2.13. The molecular formula is C18H14FN3OS. The average molecular weight is 339 g/mol. The first kappa shape index (κ1) is 14.8. The van der Waals surface area contributed by atoms with Crippen LogP contribution in [0.4, 0.5) is 10.2 Å². The molecule has 3 heterocycles. The minimum absolute atomic E-state index is 0.249. The molecular weight excluding hydrogens is 325 g/mol. The van der Waals surface area contributed by atoms with Crippen molar-refractivity contribution in [2.45, 2.75) is 13.5 Å². The number of hydrogen-bond donors (Lipinski definition) is 1. The Morgan fingerprint density at radius 2 is 1.96 bits per heavy atom. The maximum absolute atomic E-state index is 13.2. The molecule has 1 aromatic carbocycles. The van der Waals surface area contributed by atoms with Crippen molar-refractivity contribution < 1.29 is 8.81 Å². The standard InChI is InChI=1S/C18H14FN3OS/c1-11-2-7-14(23-11)8-20-17-16-15(9-24-18(16)22-10-21-17)12-3-5-13(19)6-4-12/h2-7,9-10H,8H2,1H3,(H,20,21,22). The summed E-state index contributed by atoms with van der Waals surface area (Å²) in [4.78, 5) is 9.60. The van der Waals surface area contributed by atoms with E-state index in [0.29, 0.717) is 6.54 Å². The van der Waals surface area contributed by atoms with Crippen LogP contribution in [0.15, 0.2) is 52.5 Å². The Labute approximate surface area is 142 Å². The van der Waals surface area contributed by atoms with E-state index >= 15 is 0 Å². The summed E-state index contributed by atoms with van der Waals surface area (Å²) in [6, 6.07) is 10.3. The number of rotatable bonds is 4. The second-order valence-corrected chi connectivity index (χ2v) is 6.28. The molecule has 0 fully saturated rings. The lowest BCUT2D eigenvalue weighted by Crippen LogP contribution is -2.01. The highest BCUT2D eigenvalue weighted by Crippen LogP contribution is 2.36. The first-order chi connectivity index (χ1) is 11.7. The maximum atomic E-state index is 13.2. The van der Waals surface area contributed by atoms with Gasteiger partial charge >= 0.3 is 0 Å². The minimum Gasteiger partial charge on any atom is -0.465 e. The van der Waals surface area contributed by atoms with Crippen LogP contribution >= 0.6 is 11.3 Å². The van der Waals surface area contributed by atoms with E-state index in [1.54, 1.807) is 29.8 Å². The van der Waals surface area contributed by atoms with Crippen molar-refractivity contribution >= 4 is 27.4 Å². The molecule has 0 unspecified atom stereocenters. The third-order valence-electron chi connectivity index (χ3n) is 3.75. The van der Waals surface area contributed by atoms with Gasteiger partial charge in [-0.15, -0.1) is 11.3 Å². The van der Waals surface area contributed by atoms with Crippen LogP contribution in [0.5, 0.6) is 0 Å². The van der Waals surface area contributed by atoms with Crippen LogP contribution in [0.1, 0.15) is 11.5 Å². The summed E-state index contributed by atoms with van der Waals surface area (Å²) in [6.07, 6.45) is 1.54. The zero-order chi connectivity index (χ0) is 16.5. The Bertz CT molecular complexity index is 991. The van der Waals surface area contributed by atoms with Gasteiger partial charge in [0.05, 0.1) is 11.9 Å². The molecule has 3 aromatic heterocycles. The van der Waals surface area contributed by atoms with Crippen LogP contribution in [0, 0.1) is 12.7 Å². The fourth-order valence-corrected chi connectivity index (χ4v) is 3.52. The lowest BCUT2D eigenvalue weighted by molar-refractivity contribution is 0.490. The second-order valence-electron chi connectivity index (χ2n) is 5.42. The smallest absolute Gasteiger partial charge is 0.139 e. The van der Waals surface area contributed by atoms with E-state index in [4.69, 9.17) is 4.42 Å². The monoisotopic (exact) mass is 339 g/mol. The number of anilines is 1. The van der Waals surface area contributed by atoms with Crippen molar-refractivity contribution in [3.63, 3.8) is 0 Å². The van der Waals surface area contributed by atoms with Crippen molar-refractivity contribution in [2.24, 2.45) is 0 Å². The third-order valence-corrected chi connectivity index (χ3v) is 4.64. The number of thiophene rings is 1. The van der Waals surface area contributed by atoms with Crippen molar-refractivity contribution in [2.75, 3.05) is 5.32 Å². The molecule has 120 valence electrons. The van der Waals surface area contributed by atoms with Gasteiger partial charge in [-0.2, -0.15) is 0 Å². The number of fused-ring (bicyclic) bond motifs is 1. The Hall–Kier alpha value is -2.73. The number of hydrogen-bond acceptors (Lipinski definition) is 5. The third kappa shape index (κ3) is 2.76. The summed E-state index contributed by atoms with van der Waals surface area (Å²) < 4.78 is 18.8. The van der Waals surface area contributed by atoms with E-state index in [1.165, 1.54) is 12.1 Å². The Kier molecular flexibility index (Phi) is 3.74. The normalized spacial score (nSPS) is 11.1. The molecule has 0 atom stereocenters. The molecule has 6 heteroatoms. The summed E-state index contributed by atoms with van der Waals surface area (Å²) in [5, 5.41) is 6.28. The van der Waals surface area contributed by atoms with Gasteiger partial charge in [0.25, 0.3) is 0 Å². The van der Waals surface area contributed by atoms with E-state index < -0.39 is 0 Å². The number of nitrogens with zero attached hydrogens (tertiary/aromatic N) is 2. The number of furan rings is 1. The quantitative estimate of drug-likeness (QED) is 0.568. The topological polar surface area (TPSA) is 51.0 Å². The molecule has 0 amide bonds. The van der Waals surface area contributed by atoms with Crippen LogP contribution in [0.2, 0.25) is 0 Å². The highest BCUT2D eigenvalue weighted by atomic mass is 32.1. The van der Waals surface area contributed by atoms with Gasteiger partial charge in [-0.25, -0.2) is 14.4 Å². The van der Waals surface area contributed by atoms with Crippen LogP contribution in [0.25, 0.3) is 21.3 Å². The van der Waals surface area contributed by atoms with Crippen LogP contribution in [-0.4, -0.2) is 9.97 Å². The zero-order valence-corrected chi connectivity index (χ0v) is 13.7. The van der Waals surface area contributed by atoms with Gasteiger partial charge in [-0.05, 0) is 36.8 Å². The summed E-state index contributed by atoms with van der Waals surface area (Å²) in [5.74, 6) is 2.22. The predicted octanol–water partition coefficient (Wildman–Crippen LogP) is 5.01. The number of aromatic nitrogens is 2. The van der Waals surface area contributed by atoms with E-state index in [1.807, 2.05) is 24.4 Å². The molecule has 0 radical (unpaired) electrons. The number of benzene rings is 1. The highest BCUT2D eigenvalue weighted by molar-refractivity contribution is 7.17. The van der Waals surface area contributed by atoms with Gasteiger partial charge in [0, 0.05) is 10.9 Å². The lowest BCUT2D eigenvalue weighted by atomic mass is 10.1. The number of nitrogens with one attached hydrogen (secondary N) is 1. The SMILES string of the molecule is Cc1ccc(CNc2ncnc3scc(-c4ccc(F)cc4)c23)o1. The fourth-order valence-electron chi connectivity index (χ4n) is 2.60. The maximum Gasteiger partial charge on any atom is 0.139 e. The van der Waals surface area contributed by atoms with Crippen molar-refractivity contribution in [1.29, 1.82) is 0 Å². The summed E-state index contributed by atoms with van der Waals surface area (Å²) in [7, 11) is 0. The molecule has 0 saturated heterocycles. The Balaban J connectivity index is 1.72. The largest absolute Gasteiger partial charge is 0.465 e. The molecule has 0 aliphatic carbocycles. The van der Waals surface area contributed by atoms with E-state index in [-0.39, 0.29) is 5.82 Å². The Morgan fingerprint density at radius 3 is 2.71 bits per heavy atom. The van der Waals surface area contributed by atoms with Gasteiger partial charge in [-0.3, -0.25) is 0 Å². The molecule has 0 aliphatic rings. The van der Waals surface area contributed by atoms with Crippen molar-refractivity contribution in [3.05, 3.63) is 65.4 Å². The molecule has 4 nitrogen and oxygen atoms in total. The van der Waals surface area contributed by atoms with Crippen molar-refractivity contribution in [3.8, 4) is 11.1 Å². The van der Waals surface area contributed by atoms with Gasteiger partial charge in [0.15, 0.2) is 0 Å². The molecule has 0 spiro atoms. The summed E-state index contributed by atoms with van der Waals surface area (Å²) in [6.45, 7) is 2.45. The molecule has 24 heavy (non-hydrogen) atoms. The number of aryl methyl sites for hydroxylation is 1. The minimum atomic E-state index is -0.249. The molecule has 4 rings (SSSR count). The second kappa shape index (κ2) is 6.05. The van der Waals surface area contributed by atoms with Gasteiger partial charge in [-0.1, -0.05) is 12.1 Å². The molecule has 4 aromatic rings. The predicted molar refractivity (Wildman–Crippen MR) is 93.6 cm³/mol. The van der Waals surface area contributed by atoms with Gasteiger partial charge in [0.1, 0.15) is 34.3 Å². The molecule has 0 saturated carbocycles. The van der Waals surface area contributed by atoms with Crippen molar-refractivity contribution in [1.82, 2.24) is 9.97 Å². The number of halogens is 1. The first-order valence-corrected chi connectivity index (χ1v) is 8.36. The van der Waals surface area contributed by atoms with E-state index in [9.17, 15) is 4.39 Å². The van der Waals surface area contributed by atoms with Gasteiger partial charge in [0.2, 0.25) is 0 Å². The van der Waals surface area contributed by atoms with Crippen LogP contribution < -0.4 is 5.32 Å². The average Bonchev–Trinajstić information content (AvgIpc) is 3.20. The molecule has 1 N–H and O–H groups in total. The van der Waals surface area contributed by atoms with E-state index in [0.717, 1.165) is 38.7 Å². The zero-order valence-electron chi connectivity index (χ0n) is 12.9. The summed E-state index contributed by atoms with van der Waals surface area (Å²) >= 11 is 1.54. The molecule has 0 aliphatic heterocycles. The fraction of sp³-hybridized carbons (Fsp3) is 0.111. The Morgan fingerprint density at radius 1 is 1.12 bits per heavy atom. The van der Waals surface area contributed by atoms with Gasteiger partial charge < -0.3 is 9.73 Å². The van der Waals surface area contributed by atoms with Crippen LogP contribution in [0.3, 0.4) is 0 Å². The van der Waals surface area contributed by atoms with Crippen LogP contribution in [-0.2, 0) is 6.54 Å². The van der Waals surface area contributed by atoms with E-state index in [2.05, 4.69) is 15.3 Å².